The van der Waals surface area contributed by atoms with Crippen LogP contribution < -0.4 is 0 Å². The van der Waals surface area contributed by atoms with Gasteiger partial charge in [0, 0.05) is 24.0 Å². The Morgan fingerprint density at radius 3 is 2.84 bits per heavy atom. The van der Waals surface area contributed by atoms with Crippen molar-refractivity contribution >= 4 is 27.9 Å². The number of aldehydes is 1. The van der Waals surface area contributed by atoms with E-state index in [-0.39, 0.29) is 17.4 Å². The van der Waals surface area contributed by atoms with Crippen molar-refractivity contribution in [1.29, 1.82) is 0 Å². The van der Waals surface area contributed by atoms with E-state index in [1.807, 2.05) is 0 Å². The van der Waals surface area contributed by atoms with Crippen molar-refractivity contribution in [2.75, 3.05) is 13.1 Å². The molecule has 1 heterocycles. The maximum absolute atomic E-state index is 12.6. The highest BCUT2D eigenvalue weighted by Crippen LogP contribution is 2.28. The normalized spacial score (nSPS) is 21.3. The van der Waals surface area contributed by atoms with Crippen LogP contribution in [0, 0.1) is 12.8 Å². The van der Waals surface area contributed by atoms with Crippen LogP contribution in [0.1, 0.15) is 18.4 Å². The van der Waals surface area contributed by atoms with Crippen LogP contribution in [0.5, 0.6) is 0 Å². The number of halogens is 1. The third-order valence-corrected chi connectivity index (χ3v) is 5.87. The van der Waals surface area contributed by atoms with E-state index in [1.54, 1.807) is 25.1 Å². The molecule has 0 bridgehead atoms. The molecule has 1 aliphatic heterocycles. The summed E-state index contributed by atoms with van der Waals surface area (Å²) in [5.41, 5.74) is 0.553. The van der Waals surface area contributed by atoms with E-state index in [0.717, 1.165) is 12.7 Å². The Morgan fingerprint density at radius 1 is 1.42 bits per heavy atom. The summed E-state index contributed by atoms with van der Waals surface area (Å²) in [4.78, 5) is 11.1. The lowest BCUT2D eigenvalue weighted by Gasteiger charge is -2.29. The first-order chi connectivity index (χ1) is 8.96. The second-order valence-electron chi connectivity index (χ2n) is 4.76. The second kappa shape index (κ2) is 5.61. The summed E-state index contributed by atoms with van der Waals surface area (Å²) in [5.74, 6) is -0.206. The maximum atomic E-state index is 12.6. The standard InChI is InChI=1S/C13H16ClNO3S/c1-10-12(14)5-2-6-13(10)19(17,18)15-7-3-4-11(8-15)9-16/h2,5-6,9,11H,3-4,7-8H2,1H3. The first kappa shape index (κ1) is 14.5. The lowest BCUT2D eigenvalue weighted by atomic mass is 10.0. The fraction of sp³-hybridized carbons (Fsp3) is 0.462. The third kappa shape index (κ3) is 2.83. The summed E-state index contributed by atoms with van der Waals surface area (Å²) in [6.45, 7) is 2.41. The molecule has 1 aromatic carbocycles. The number of piperidine rings is 1. The van der Waals surface area contributed by atoms with Gasteiger partial charge in [0.05, 0.1) is 4.90 Å². The SMILES string of the molecule is Cc1c(Cl)cccc1S(=O)(=O)N1CCCC(C=O)C1. The number of hydrogen-bond donors (Lipinski definition) is 0. The topological polar surface area (TPSA) is 54.5 Å². The zero-order valence-corrected chi connectivity index (χ0v) is 12.2. The zero-order chi connectivity index (χ0) is 14.0. The predicted molar refractivity (Wildman–Crippen MR) is 73.7 cm³/mol. The summed E-state index contributed by atoms with van der Waals surface area (Å²) in [6, 6.07) is 4.85. The highest BCUT2D eigenvalue weighted by molar-refractivity contribution is 7.89. The number of carbonyl (C=O) groups excluding carboxylic acids is 1. The maximum Gasteiger partial charge on any atom is 0.243 e. The molecule has 0 N–H and O–H groups in total. The highest BCUT2D eigenvalue weighted by Gasteiger charge is 2.31. The first-order valence-electron chi connectivity index (χ1n) is 6.17. The molecule has 0 saturated carbocycles. The average molecular weight is 302 g/mol. The van der Waals surface area contributed by atoms with Crippen molar-refractivity contribution in [2.24, 2.45) is 5.92 Å². The Morgan fingerprint density at radius 2 is 2.16 bits per heavy atom. The minimum absolute atomic E-state index is 0.206. The lowest BCUT2D eigenvalue weighted by Crippen LogP contribution is -2.40. The van der Waals surface area contributed by atoms with E-state index in [9.17, 15) is 13.2 Å². The molecule has 104 valence electrons. The smallest absolute Gasteiger partial charge is 0.243 e. The molecular weight excluding hydrogens is 286 g/mol. The van der Waals surface area contributed by atoms with Crippen LogP contribution in [0.2, 0.25) is 5.02 Å². The molecule has 1 fully saturated rings. The molecule has 1 saturated heterocycles. The third-order valence-electron chi connectivity index (χ3n) is 3.45. The van der Waals surface area contributed by atoms with Gasteiger partial charge in [0.1, 0.15) is 6.29 Å². The van der Waals surface area contributed by atoms with Crippen molar-refractivity contribution in [3.05, 3.63) is 28.8 Å². The van der Waals surface area contributed by atoms with Gasteiger partial charge in [-0.3, -0.25) is 0 Å². The van der Waals surface area contributed by atoms with E-state index < -0.39 is 10.0 Å². The van der Waals surface area contributed by atoms with E-state index >= 15 is 0 Å². The van der Waals surface area contributed by atoms with Gasteiger partial charge < -0.3 is 4.79 Å². The number of sulfonamides is 1. The molecule has 19 heavy (non-hydrogen) atoms. The van der Waals surface area contributed by atoms with Crippen LogP contribution in [0.4, 0.5) is 0 Å². The quantitative estimate of drug-likeness (QED) is 0.805. The number of carbonyl (C=O) groups is 1. The fourth-order valence-corrected chi connectivity index (χ4v) is 4.32. The molecule has 1 aliphatic rings. The molecule has 0 amide bonds. The molecule has 0 aliphatic carbocycles. The number of hydrogen-bond acceptors (Lipinski definition) is 3. The van der Waals surface area contributed by atoms with Gasteiger partial charge in [0.15, 0.2) is 0 Å². The molecule has 6 heteroatoms. The van der Waals surface area contributed by atoms with Crippen molar-refractivity contribution in [1.82, 2.24) is 4.31 Å². The Bertz CT molecular complexity index is 586. The molecule has 0 spiro atoms. The zero-order valence-electron chi connectivity index (χ0n) is 10.7. The van der Waals surface area contributed by atoms with Gasteiger partial charge in [-0.2, -0.15) is 4.31 Å². The molecule has 0 radical (unpaired) electrons. The van der Waals surface area contributed by atoms with E-state index in [0.29, 0.717) is 23.6 Å². The van der Waals surface area contributed by atoms with Gasteiger partial charge in [-0.05, 0) is 37.5 Å². The second-order valence-corrected chi connectivity index (χ2v) is 7.08. The monoisotopic (exact) mass is 301 g/mol. The van der Waals surface area contributed by atoms with E-state index in [1.165, 1.54) is 4.31 Å². The van der Waals surface area contributed by atoms with Crippen LogP contribution in [-0.4, -0.2) is 32.1 Å². The highest BCUT2D eigenvalue weighted by atomic mass is 35.5. The van der Waals surface area contributed by atoms with Gasteiger partial charge in [0.25, 0.3) is 0 Å². The van der Waals surface area contributed by atoms with E-state index in [2.05, 4.69) is 0 Å². The van der Waals surface area contributed by atoms with Crippen molar-refractivity contribution in [3.63, 3.8) is 0 Å². The van der Waals surface area contributed by atoms with Crippen LogP contribution in [0.15, 0.2) is 23.1 Å². The summed E-state index contributed by atoms with van der Waals surface area (Å²) >= 11 is 5.98. The van der Waals surface area contributed by atoms with E-state index in [4.69, 9.17) is 11.6 Å². The Hall–Kier alpha value is -0.910. The molecule has 1 unspecified atom stereocenters. The minimum atomic E-state index is -3.57. The molecule has 2 rings (SSSR count). The van der Waals surface area contributed by atoms with Crippen LogP contribution in [0.3, 0.4) is 0 Å². The predicted octanol–water partition coefficient (Wildman–Crippen LogP) is 2.25. The largest absolute Gasteiger partial charge is 0.303 e. The van der Waals surface area contributed by atoms with Crippen LogP contribution >= 0.6 is 11.6 Å². The van der Waals surface area contributed by atoms with Crippen molar-refractivity contribution in [2.45, 2.75) is 24.7 Å². The molecular formula is C13H16ClNO3S. The Kier molecular flexibility index (Phi) is 4.28. The summed E-state index contributed by atoms with van der Waals surface area (Å²) in [5, 5.41) is 0.435. The minimum Gasteiger partial charge on any atom is -0.303 e. The van der Waals surface area contributed by atoms with Gasteiger partial charge >= 0.3 is 0 Å². The van der Waals surface area contributed by atoms with Crippen molar-refractivity contribution in [3.8, 4) is 0 Å². The van der Waals surface area contributed by atoms with Gasteiger partial charge in [-0.25, -0.2) is 8.42 Å². The average Bonchev–Trinajstić information content (AvgIpc) is 2.41. The molecule has 4 nitrogen and oxygen atoms in total. The summed E-state index contributed by atoms with van der Waals surface area (Å²) < 4.78 is 26.5. The number of nitrogens with zero attached hydrogens (tertiary/aromatic N) is 1. The van der Waals surface area contributed by atoms with Gasteiger partial charge in [-0.1, -0.05) is 17.7 Å². The van der Waals surface area contributed by atoms with Crippen LogP contribution in [-0.2, 0) is 14.8 Å². The Labute approximate surface area is 118 Å². The fourth-order valence-electron chi connectivity index (χ4n) is 2.31. The summed E-state index contributed by atoms with van der Waals surface area (Å²) in [6.07, 6.45) is 2.30. The Balaban J connectivity index is 2.37. The molecule has 1 aromatic rings. The van der Waals surface area contributed by atoms with Crippen LogP contribution in [0.25, 0.3) is 0 Å². The van der Waals surface area contributed by atoms with Crippen molar-refractivity contribution < 1.29 is 13.2 Å². The number of benzene rings is 1. The molecule has 0 aromatic heterocycles. The van der Waals surface area contributed by atoms with Gasteiger partial charge in [-0.15, -0.1) is 0 Å². The first-order valence-corrected chi connectivity index (χ1v) is 7.99. The lowest BCUT2D eigenvalue weighted by molar-refractivity contribution is -0.112. The number of rotatable bonds is 3. The van der Waals surface area contributed by atoms with Gasteiger partial charge in [0.2, 0.25) is 10.0 Å². The molecule has 1 atom stereocenters. The summed E-state index contributed by atoms with van der Waals surface area (Å²) in [7, 11) is -3.57.